The Hall–Kier alpha value is -1.80. The van der Waals surface area contributed by atoms with Crippen molar-refractivity contribution in [2.75, 3.05) is 0 Å². The predicted molar refractivity (Wildman–Crippen MR) is 103 cm³/mol. The minimum Gasteiger partial charge on any atom is -0.543 e. The molecule has 0 heterocycles. The zero-order valence-corrected chi connectivity index (χ0v) is 16.0. The highest BCUT2D eigenvalue weighted by Crippen LogP contribution is 2.39. The van der Waals surface area contributed by atoms with Crippen molar-refractivity contribution in [2.24, 2.45) is 0 Å². The Balaban J connectivity index is 2.29. The van der Waals surface area contributed by atoms with Crippen LogP contribution >= 0.6 is 0 Å². The third-order valence-electron chi connectivity index (χ3n) is 4.60. The van der Waals surface area contributed by atoms with Gasteiger partial charge < -0.3 is 4.43 Å². The van der Waals surface area contributed by atoms with E-state index in [1.807, 2.05) is 6.07 Å². The second-order valence-electron chi connectivity index (χ2n) is 7.49. The first-order chi connectivity index (χ1) is 10.8. The Morgan fingerprint density at radius 1 is 0.913 bits per heavy atom. The van der Waals surface area contributed by atoms with E-state index in [4.69, 9.17) is 4.43 Å². The molecule has 0 radical (unpaired) electrons. The number of hydrogen-bond acceptors (Lipinski definition) is 1. The summed E-state index contributed by atoms with van der Waals surface area (Å²) in [7, 11) is -1.86. The van der Waals surface area contributed by atoms with E-state index in [0.29, 0.717) is 0 Å². The van der Waals surface area contributed by atoms with Crippen LogP contribution in [-0.4, -0.2) is 8.32 Å². The van der Waals surface area contributed by atoms with Crippen LogP contribution in [-0.2, 0) is 10.8 Å². The molecule has 0 N–H and O–H groups in total. The predicted octanol–water partition coefficient (Wildman–Crippen LogP) is 6.29. The Kier molecular flexibility index (Phi) is 5.48. The Morgan fingerprint density at radius 3 is 1.96 bits per heavy atom. The van der Waals surface area contributed by atoms with E-state index in [0.717, 1.165) is 17.7 Å². The lowest BCUT2D eigenvalue weighted by Crippen LogP contribution is -2.40. The highest BCUT2D eigenvalue weighted by Gasteiger charge is 2.39. The number of rotatable bonds is 5. The lowest BCUT2D eigenvalue weighted by Gasteiger charge is -2.37. The second kappa shape index (κ2) is 7.18. The highest BCUT2D eigenvalue weighted by molar-refractivity contribution is 6.74. The number of allylic oxidation sites excluding steroid dienone is 1. The zero-order chi connectivity index (χ0) is 16.9. The van der Waals surface area contributed by atoms with Crippen molar-refractivity contribution in [3.05, 3.63) is 77.9 Å². The van der Waals surface area contributed by atoms with Crippen LogP contribution in [0.3, 0.4) is 0 Å². The summed E-state index contributed by atoms with van der Waals surface area (Å²) in [6.07, 6.45) is 3.12. The maximum Gasteiger partial charge on any atom is 0.250 e. The van der Waals surface area contributed by atoms with Crippen molar-refractivity contribution < 1.29 is 4.43 Å². The first-order valence-corrected chi connectivity index (χ1v) is 11.2. The Bertz CT molecular complexity index is 637. The molecule has 0 saturated heterocycles. The van der Waals surface area contributed by atoms with Gasteiger partial charge in [0.05, 0.1) is 0 Å². The molecule has 0 fully saturated rings. The third kappa shape index (κ3) is 4.83. The SMILES string of the molecule is CC(C)(C)[Si](C)(C)O/C(=C\Cc1ccccc1)c1ccccc1. The van der Waals surface area contributed by atoms with Gasteiger partial charge in [-0.15, -0.1) is 0 Å². The first-order valence-electron chi connectivity index (χ1n) is 8.28. The van der Waals surface area contributed by atoms with E-state index in [-0.39, 0.29) is 5.04 Å². The fraction of sp³-hybridized carbons (Fsp3) is 0.333. The molecule has 2 aromatic carbocycles. The van der Waals surface area contributed by atoms with Crippen LogP contribution in [0.2, 0.25) is 18.1 Å². The van der Waals surface area contributed by atoms with Crippen molar-refractivity contribution in [1.82, 2.24) is 0 Å². The number of benzene rings is 2. The largest absolute Gasteiger partial charge is 0.543 e. The molecule has 2 aromatic rings. The van der Waals surface area contributed by atoms with Crippen LogP contribution in [0.5, 0.6) is 0 Å². The average molecular weight is 325 g/mol. The van der Waals surface area contributed by atoms with Crippen molar-refractivity contribution >= 4 is 14.1 Å². The van der Waals surface area contributed by atoms with Gasteiger partial charge in [0.1, 0.15) is 5.76 Å². The summed E-state index contributed by atoms with van der Waals surface area (Å²) in [5.74, 6) is 1.01. The number of hydrogen-bond donors (Lipinski definition) is 0. The molecular weight excluding hydrogens is 296 g/mol. The summed E-state index contributed by atoms with van der Waals surface area (Å²) < 4.78 is 6.61. The van der Waals surface area contributed by atoms with Crippen molar-refractivity contribution in [1.29, 1.82) is 0 Å². The summed E-state index contributed by atoms with van der Waals surface area (Å²) in [6.45, 7) is 11.4. The quantitative estimate of drug-likeness (QED) is 0.464. The maximum atomic E-state index is 6.61. The second-order valence-corrected chi connectivity index (χ2v) is 12.2. The molecule has 0 aromatic heterocycles. The maximum absolute atomic E-state index is 6.61. The van der Waals surface area contributed by atoms with Crippen LogP contribution in [0.4, 0.5) is 0 Å². The van der Waals surface area contributed by atoms with E-state index in [1.54, 1.807) is 0 Å². The lowest BCUT2D eigenvalue weighted by atomic mass is 10.1. The molecule has 0 atom stereocenters. The van der Waals surface area contributed by atoms with Crippen molar-refractivity contribution in [2.45, 2.75) is 45.3 Å². The third-order valence-corrected chi connectivity index (χ3v) is 8.94. The van der Waals surface area contributed by atoms with Crippen LogP contribution in [0.1, 0.15) is 31.9 Å². The Labute approximate surface area is 142 Å². The zero-order valence-electron chi connectivity index (χ0n) is 15.0. The topological polar surface area (TPSA) is 9.23 Å². The van der Waals surface area contributed by atoms with Gasteiger partial charge in [-0.2, -0.15) is 0 Å². The molecule has 0 saturated carbocycles. The average Bonchev–Trinajstić information content (AvgIpc) is 2.52. The molecule has 0 aliphatic rings. The van der Waals surface area contributed by atoms with Gasteiger partial charge in [-0.05, 0) is 36.2 Å². The summed E-state index contributed by atoms with van der Waals surface area (Å²) >= 11 is 0. The molecule has 0 bridgehead atoms. The first kappa shape index (κ1) is 17.5. The monoisotopic (exact) mass is 324 g/mol. The van der Waals surface area contributed by atoms with Gasteiger partial charge in [-0.3, -0.25) is 0 Å². The van der Waals surface area contributed by atoms with Gasteiger partial charge in [-0.1, -0.05) is 81.4 Å². The van der Waals surface area contributed by atoms with Gasteiger partial charge in [-0.25, -0.2) is 0 Å². The smallest absolute Gasteiger partial charge is 0.250 e. The fourth-order valence-corrected chi connectivity index (χ4v) is 3.13. The van der Waals surface area contributed by atoms with Crippen LogP contribution in [0, 0.1) is 0 Å². The van der Waals surface area contributed by atoms with Gasteiger partial charge in [0.25, 0.3) is 0 Å². The van der Waals surface area contributed by atoms with Gasteiger partial charge in [0.15, 0.2) is 0 Å². The fourth-order valence-electron chi connectivity index (χ4n) is 2.07. The molecule has 0 amide bonds. The summed E-state index contributed by atoms with van der Waals surface area (Å²) in [5.41, 5.74) is 2.47. The minimum atomic E-state index is -1.86. The van der Waals surface area contributed by atoms with Gasteiger partial charge in [0, 0.05) is 5.56 Å². The van der Waals surface area contributed by atoms with Gasteiger partial charge in [0.2, 0.25) is 8.32 Å². The Morgan fingerprint density at radius 2 is 1.43 bits per heavy atom. The molecular formula is C21H28OSi. The van der Waals surface area contributed by atoms with Crippen molar-refractivity contribution in [3.8, 4) is 0 Å². The van der Waals surface area contributed by atoms with Crippen LogP contribution in [0.25, 0.3) is 5.76 Å². The molecule has 0 spiro atoms. The minimum absolute atomic E-state index is 0.188. The normalized spacial score (nSPS) is 13.0. The van der Waals surface area contributed by atoms with Crippen molar-refractivity contribution in [3.63, 3.8) is 0 Å². The molecule has 0 unspecified atom stereocenters. The van der Waals surface area contributed by atoms with E-state index in [1.165, 1.54) is 5.56 Å². The van der Waals surface area contributed by atoms with E-state index in [2.05, 4.69) is 94.5 Å². The van der Waals surface area contributed by atoms with Crippen LogP contribution in [0.15, 0.2) is 66.7 Å². The molecule has 0 aliphatic heterocycles. The molecule has 0 aliphatic carbocycles. The molecule has 2 heteroatoms. The summed E-state index contributed by atoms with van der Waals surface area (Å²) in [5, 5.41) is 0.188. The van der Waals surface area contributed by atoms with E-state index < -0.39 is 8.32 Å². The van der Waals surface area contributed by atoms with E-state index >= 15 is 0 Å². The lowest BCUT2D eigenvalue weighted by molar-refractivity contribution is 0.457. The standard InChI is InChI=1S/C21H28OSi/c1-21(2,3)23(4,5)22-20(19-14-10-7-11-15-19)17-16-18-12-8-6-9-13-18/h6-15,17H,16H2,1-5H3/b20-17-. The molecule has 2 rings (SSSR count). The van der Waals surface area contributed by atoms with Gasteiger partial charge >= 0.3 is 0 Å². The van der Waals surface area contributed by atoms with E-state index in [9.17, 15) is 0 Å². The molecule has 23 heavy (non-hydrogen) atoms. The summed E-state index contributed by atoms with van der Waals surface area (Å²) in [6, 6.07) is 21.0. The highest BCUT2D eigenvalue weighted by atomic mass is 28.4. The summed E-state index contributed by atoms with van der Waals surface area (Å²) in [4.78, 5) is 0. The molecule has 122 valence electrons. The van der Waals surface area contributed by atoms with Crippen LogP contribution < -0.4 is 0 Å². The molecule has 1 nitrogen and oxygen atoms in total.